The van der Waals surface area contributed by atoms with E-state index in [9.17, 15) is 43.2 Å². The van der Waals surface area contributed by atoms with Crippen molar-refractivity contribution in [2.24, 2.45) is 0 Å². The van der Waals surface area contributed by atoms with Gasteiger partial charge in [-0.05, 0) is 13.8 Å². The van der Waals surface area contributed by atoms with Crippen molar-refractivity contribution >= 4 is 20.0 Å². The number of aromatic nitrogens is 4. The minimum Gasteiger partial charge on any atom is -0.421 e. The molecule has 178 valence electrons. The van der Waals surface area contributed by atoms with Gasteiger partial charge in [0.15, 0.2) is 20.0 Å². The number of halogens is 6. The van der Waals surface area contributed by atoms with E-state index < -0.39 is 31.1 Å². The molecule has 0 radical (unpaired) electrons. The molecule has 0 saturated carbocycles. The Bertz CT molecular complexity index is 837. The third-order valence-corrected chi connectivity index (χ3v) is 5.37. The molecule has 0 atom stereocenters. The normalized spacial score (nSPS) is 12.0. The van der Waals surface area contributed by atoms with Gasteiger partial charge in [0.05, 0.1) is 12.7 Å². The van der Waals surface area contributed by atoms with Gasteiger partial charge in [-0.1, -0.05) is 0 Å². The first-order valence-electron chi connectivity index (χ1n) is 7.35. The molecule has 0 aromatic carbocycles. The van der Waals surface area contributed by atoms with Crippen molar-refractivity contribution in [1.82, 2.24) is 19.1 Å². The summed E-state index contributed by atoms with van der Waals surface area (Å²) in [6.45, 7) is 6.20. The molecule has 9 nitrogen and oxygen atoms in total. The summed E-state index contributed by atoms with van der Waals surface area (Å²) in [5.74, 6) is 0. The molecule has 2 rings (SSSR count). The molecule has 30 heavy (non-hydrogen) atoms. The van der Waals surface area contributed by atoms with E-state index in [0.29, 0.717) is 0 Å². The summed E-state index contributed by atoms with van der Waals surface area (Å²) in [5.41, 5.74) is -12.4. The van der Waals surface area contributed by atoms with Crippen LogP contribution in [0.2, 0.25) is 0 Å². The summed E-state index contributed by atoms with van der Waals surface area (Å²) in [5, 5.41) is 0. The van der Waals surface area contributed by atoms with Crippen molar-refractivity contribution in [3.63, 3.8) is 0 Å². The Balaban J connectivity index is 0. The first kappa shape index (κ1) is 30.8. The monoisotopic (exact) mass is 579 g/mol. The van der Waals surface area contributed by atoms with Crippen LogP contribution in [0.4, 0.5) is 26.3 Å². The van der Waals surface area contributed by atoms with Crippen LogP contribution in [0.3, 0.4) is 0 Å². The quantitative estimate of drug-likeness (QED) is 0.406. The molecule has 0 aliphatic rings. The topological polar surface area (TPSA) is 118 Å². The Morgan fingerprint density at radius 1 is 0.767 bits per heavy atom. The molecule has 2 aromatic heterocycles. The van der Waals surface area contributed by atoms with Crippen LogP contribution in [0, 0.1) is 0 Å². The number of hydrogen-bond donors (Lipinski definition) is 0. The Morgan fingerprint density at radius 2 is 1.07 bits per heavy atom. The average Bonchev–Trinajstić information content (AvgIpc) is 3.26. The third kappa shape index (κ3) is 10.6. The van der Waals surface area contributed by atoms with Crippen molar-refractivity contribution in [2.45, 2.75) is 38.0 Å². The number of hydrogen-bond acceptors (Lipinski definition) is 6. The zero-order valence-corrected chi connectivity index (χ0v) is 18.2. The van der Waals surface area contributed by atoms with Gasteiger partial charge in [-0.25, -0.2) is 26.8 Å². The van der Waals surface area contributed by atoms with Gasteiger partial charge in [-0.2, -0.15) is 26.3 Å². The second kappa shape index (κ2) is 12.5. The van der Waals surface area contributed by atoms with Gasteiger partial charge in [0.2, 0.25) is 0 Å². The number of sulfonamides is 2. The predicted molar refractivity (Wildman–Crippen MR) is 89.1 cm³/mol. The number of nitrogens with zero attached hydrogens (tertiary/aromatic N) is 5. The molecule has 2 heterocycles. The summed E-state index contributed by atoms with van der Waals surface area (Å²) >= 11 is 0. The molecule has 0 N–H and O–H groups in total. The van der Waals surface area contributed by atoms with Gasteiger partial charge in [0.25, 0.3) is 0 Å². The molecule has 0 aliphatic carbocycles. The van der Waals surface area contributed by atoms with Crippen LogP contribution in [-0.2, 0) is 55.5 Å². The van der Waals surface area contributed by atoms with E-state index in [4.69, 9.17) is 0 Å². The molecule has 0 amide bonds. The van der Waals surface area contributed by atoms with E-state index in [0.717, 1.165) is 17.2 Å². The fraction of sp³-hybridized carbons (Fsp3) is 0.500. The van der Waals surface area contributed by atoms with Crippen LogP contribution >= 0.6 is 0 Å². The Hall–Kier alpha value is -1.40. The van der Waals surface area contributed by atoms with E-state index in [2.05, 4.69) is 23.8 Å². The van der Waals surface area contributed by atoms with E-state index in [1.807, 2.05) is 21.5 Å². The van der Waals surface area contributed by atoms with E-state index >= 15 is 0 Å². The number of imidazole rings is 2. The largest absolute Gasteiger partial charge is 1.00 e. The van der Waals surface area contributed by atoms with Crippen LogP contribution in [0.25, 0.3) is 4.13 Å². The Morgan fingerprint density at radius 3 is 1.20 bits per heavy atom. The predicted octanol–water partition coefficient (Wildman–Crippen LogP) is 2.86. The molecule has 0 unspecified atom stereocenters. The van der Waals surface area contributed by atoms with Gasteiger partial charge in [-0.3, -0.25) is 0 Å². The fourth-order valence-electron chi connectivity index (χ4n) is 1.16. The number of aryl methyl sites for hydroxylation is 2. The van der Waals surface area contributed by atoms with Crippen LogP contribution in [-0.4, -0.2) is 47.0 Å². The second-order valence-corrected chi connectivity index (χ2v) is 8.12. The summed E-state index contributed by atoms with van der Waals surface area (Å²) < 4.78 is 113. The van der Waals surface area contributed by atoms with Crippen molar-refractivity contribution in [3.05, 3.63) is 41.6 Å². The number of rotatable bonds is 4. The SMILES string of the molecule is CCn1ccnc1.CCn1ccnc1.O=S(=O)([N-]S(=O)(=O)C(F)(F)F)C(F)(F)F.[Ag+]. The molecular weight excluding hydrogens is 564 g/mol. The Kier molecular flexibility index (Phi) is 12.8. The standard InChI is InChI=1S/2C5H8N2.C2F6NO4S2.Ag/c2*1-2-7-4-3-6-5-7;3-1(4,5)14(10,11)9-15(12,13)2(6,7)8;/h2*3-5H,2H2,1H3;;/q;;-1;+1. The zero-order valence-electron chi connectivity index (χ0n) is 15.1. The summed E-state index contributed by atoms with van der Waals surface area (Å²) in [6, 6.07) is 0. The average molecular weight is 580 g/mol. The molecule has 0 spiro atoms. The van der Waals surface area contributed by atoms with Gasteiger partial charge >= 0.3 is 33.4 Å². The van der Waals surface area contributed by atoms with E-state index in [1.165, 1.54) is 0 Å². The van der Waals surface area contributed by atoms with Gasteiger partial charge in [0.1, 0.15) is 0 Å². The van der Waals surface area contributed by atoms with Crippen molar-refractivity contribution in [1.29, 1.82) is 0 Å². The molecular formula is C12H16AgF6N5O4S2. The van der Waals surface area contributed by atoms with Gasteiger partial charge < -0.3 is 13.3 Å². The molecule has 0 bridgehead atoms. The van der Waals surface area contributed by atoms with Crippen molar-refractivity contribution < 1.29 is 65.6 Å². The first-order valence-corrected chi connectivity index (χ1v) is 10.2. The minimum absolute atomic E-state index is 0. The summed E-state index contributed by atoms with van der Waals surface area (Å²) in [7, 11) is -13.4. The van der Waals surface area contributed by atoms with Gasteiger partial charge in [-0.15, -0.1) is 0 Å². The van der Waals surface area contributed by atoms with E-state index in [-0.39, 0.29) is 22.4 Å². The Labute approximate surface area is 184 Å². The maximum Gasteiger partial charge on any atom is 1.00 e. The van der Waals surface area contributed by atoms with Crippen molar-refractivity contribution in [3.8, 4) is 0 Å². The van der Waals surface area contributed by atoms with Gasteiger partial charge in [0, 0.05) is 37.9 Å². The molecule has 18 heteroatoms. The smallest absolute Gasteiger partial charge is 0.421 e. The van der Waals surface area contributed by atoms with Crippen LogP contribution in [0.1, 0.15) is 13.8 Å². The van der Waals surface area contributed by atoms with E-state index in [1.54, 1.807) is 25.0 Å². The molecule has 2 aromatic rings. The zero-order chi connectivity index (χ0) is 22.9. The second-order valence-electron chi connectivity index (χ2n) is 4.70. The van der Waals surface area contributed by atoms with Crippen LogP contribution < -0.4 is 0 Å². The third-order valence-electron chi connectivity index (χ3n) is 2.63. The molecule has 0 aliphatic heterocycles. The van der Waals surface area contributed by atoms with Crippen LogP contribution in [0.5, 0.6) is 0 Å². The molecule has 0 fully saturated rings. The first-order chi connectivity index (χ1) is 13.1. The minimum atomic E-state index is -6.72. The number of alkyl halides is 6. The maximum absolute atomic E-state index is 11.4. The van der Waals surface area contributed by atoms with Crippen molar-refractivity contribution in [2.75, 3.05) is 0 Å². The fourth-order valence-corrected chi connectivity index (χ4v) is 2.87. The summed E-state index contributed by atoms with van der Waals surface area (Å²) in [4.78, 5) is 7.71. The molecule has 0 saturated heterocycles. The summed E-state index contributed by atoms with van der Waals surface area (Å²) in [6.07, 6.45) is 11.1. The maximum atomic E-state index is 11.4. The van der Waals surface area contributed by atoms with Crippen LogP contribution in [0.15, 0.2) is 37.4 Å².